The second kappa shape index (κ2) is 6.50. The monoisotopic (exact) mass is 248 g/mol. The number of ether oxygens (including phenoxy) is 1. The fourth-order valence-electron chi connectivity index (χ4n) is 2.17. The Morgan fingerprint density at radius 2 is 2.22 bits per heavy atom. The van der Waals surface area contributed by atoms with Crippen molar-refractivity contribution in [3.05, 3.63) is 24.0 Å². The molecule has 1 aromatic rings. The number of Topliss-reactive ketones (excluding diaryl/α,β-unsaturated/α-hetero) is 1. The van der Waals surface area contributed by atoms with Crippen molar-refractivity contribution in [2.75, 3.05) is 19.7 Å². The number of carbonyl (C=O) groups is 1. The van der Waals surface area contributed by atoms with Gasteiger partial charge in [0.15, 0.2) is 5.78 Å². The molecular weight excluding hydrogens is 228 g/mol. The van der Waals surface area contributed by atoms with E-state index in [2.05, 4.69) is 17.2 Å². The Balaban J connectivity index is 2.04. The van der Waals surface area contributed by atoms with Gasteiger partial charge in [-0.15, -0.1) is 0 Å². The average Bonchev–Trinajstić information content (AvgIpc) is 2.45. The quantitative estimate of drug-likeness (QED) is 0.810. The summed E-state index contributed by atoms with van der Waals surface area (Å²) in [5.41, 5.74) is 0.676. The molecule has 0 spiro atoms. The second-order valence-corrected chi connectivity index (χ2v) is 4.65. The molecule has 0 bridgehead atoms. The molecule has 2 heterocycles. The molecule has 4 nitrogen and oxygen atoms in total. The van der Waals surface area contributed by atoms with E-state index in [9.17, 15) is 4.79 Å². The fourth-order valence-corrected chi connectivity index (χ4v) is 2.17. The number of hydrogen-bond donors (Lipinski definition) is 1. The van der Waals surface area contributed by atoms with E-state index in [4.69, 9.17) is 4.74 Å². The van der Waals surface area contributed by atoms with Gasteiger partial charge in [0.25, 0.3) is 0 Å². The lowest BCUT2D eigenvalue weighted by Crippen LogP contribution is -2.31. The standard InChI is InChI=1S/C14H20N2O2/c1-2-7-18-13-8-12(9-16-10-13)14(17)11-3-5-15-6-4-11/h8-11,15H,2-7H2,1H3. The summed E-state index contributed by atoms with van der Waals surface area (Å²) >= 11 is 0. The predicted octanol–water partition coefficient (Wildman–Crippen LogP) is 2.05. The first-order valence-corrected chi connectivity index (χ1v) is 6.64. The third kappa shape index (κ3) is 3.29. The summed E-state index contributed by atoms with van der Waals surface area (Å²) in [5.74, 6) is 1.03. The number of hydrogen-bond acceptors (Lipinski definition) is 4. The largest absolute Gasteiger partial charge is 0.492 e. The van der Waals surface area contributed by atoms with Gasteiger partial charge in [-0.3, -0.25) is 9.78 Å². The summed E-state index contributed by atoms with van der Waals surface area (Å²) in [5, 5.41) is 3.27. The van der Waals surface area contributed by atoms with Gasteiger partial charge in [0.1, 0.15) is 5.75 Å². The molecule has 0 aromatic carbocycles. The number of ketones is 1. The molecule has 0 amide bonds. The minimum Gasteiger partial charge on any atom is -0.492 e. The smallest absolute Gasteiger partial charge is 0.167 e. The molecule has 98 valence electrons. The Bertz CT molecular complexity index is 401. The lowest BCUT2D eigenvalue weighted by Gasteiger charge is -2.21. The van der Waals surface area contributed by atoms with Crippen molar-refractivity contribution in [3.8, 4) is 5.75 Å². The van der Waals surface area contributed by atoms with E-state index in [0.717, 1.165) is 32.4 Å². The number of pyridine rings is 1. The Morgan fingerprint density at radius 3 is 2.94 bits per heavy atom. The summed E-state index contributed by atoms with van der Waals surface area (Å²) < 4.78 is 5.51. The average molecular weight is 248 g/mol. The highest BCUT2D eigenvalue weighted by Crippen LogP contribution is 2.20. The van der Waals surface area contributed by atoms with Gasteiger partial charge < -0.3 is 10.1 Å². The first kappa shape index (κ1) is 13.0. The molecule has 1 saturated heterocycles. The summed E-state index contributed by atoms with van der Waals surface area (Å²) in [6, 6.07) is 1.81. The van der Waals surface area contributed by atoms with Gasteiger partial charge in [0, 0.05) is 17.7 Å². The van der Waals surface area contributed by atoms with E-state index in [1.54, 1.807) is 12.4 Å². The van der Waals surface area contributed by atoms with Crippen LogP contribution in [0.5, 0.6) is 5.75 Å². The first-order valence-electron chi connectivity index (χ1n) is 6.64. The maximum absolute atomic E-state index is 12.3. The van der Waals surface area contributed by atoms with Crippen LogP contribution in [0.3, 0.4) is 0 Å². The maximum atomic E-state index is 12.3. The zero-order valence-electron chi connectivity index (χ0n) is 10.8. The van der Waals surface area contributed by atoms with Gasteiger partial charge in [-0.05, 0) is 38.4 Å². The molecule has 1 fully saturated rings. The lowest BCUT2D eigenvalue weighted by atomic mass is 9.90. The van der Waals surface area contributed by atoms with Gasteiger partial charge >= 0.3 is 0 Å². The Labute approximate surface area is 108 Å². The van der Waals surface area contributed by atoms with E-state index in [1.807, 2.05) is 6.07 Å². The molecular formula is C14H20N2O2. The Kier molecular flexibility index (Phi) is 4.70. The predicted molar refractivity (Wildman–Crippen MR) is 69.9 cm³/mol. The van der Waals surface area contributed by atoms with E-state index >= 15 is 0 Å². The first-order chi connectivity index (χ1) is 8.81. The van der Waals surface area contributed by atoms with Crippen LogP contribution in [-0.4, -0.2) is 30.5 Å². The van der Waals surface area contributed by atoms with Crippen molar-refractivity contribution in [1.82, 2.24) is 10.3 Å². The van der Waals surface area contributed by atoms with E-state index in [0.29, 0.717) is 17.9 Å². The molecule has 1 N–H and O–H groups in total. The normalized spacial score (nSPS) is 16.5. The summed E-state index contributed by atoms with van der Waals surface area (Å²) in [7, 11) is 0. The number of nitrogens with zero attached hydrogens (tertiary/aromatic N) is 1. The van der Waals surface area contributed by atoms with Crippen LogP contribution in [0.25, 0.3) is 0 Å². The molecule has 1 aliphatic rings. The van der Waals surface area contributed by atoms with Crippen LogP contribution in [0.1, 0.15) is 36.5 Å². The zero-order valence-corrected chi connectivity index (χ0v) is 10.8. The number of carbonyl (C=O) groups excluding carboxylic acids is 1. The summed E-state index contributed by atoms with van der Waals surface area (Å²) in [4.78, 5) is 16.4. The van der Waals surface area contributed by atoms with E-state index in [-0.39, 0.29) is 11.7 Å². The van der Waals surface area contributed by atoms with Crippen LogP contribution in [-0.2, 0) is 0 Å². The van der Waals surface area contributed by atoms with Gasteiger partial charge in [0.2, 0.25) is 0 Å². The van der Waals surface area contributed by atoms with Crippen LogP contribution in [0.15, 0.2) is 18.5 Å². The molecule has 0 aliphatic carbocycles. The van der Waals surface area contributed by atoms with E-state index in [1.165, 1.54) is 0 Å². The highest BCUT2D eigenvalue weighted by Gasteiger charge is 2.22. The van der Waals surface area contributed by atoms with Crippen LogP contribution in [0.2, 0.25) is 0 Å². The topological polar surface area (TPSA) is 51.2 Å². The molecule has 0 atom stereocenters. The number of rotatable bonds is 5. The zero-order chi connectivity index (χ0) is 12.8. The third-order valence-electron chi connectivity index (χ3n) is 3.18. The van der Waals surface area contributed by atoms with E-state index < -0.39 is 0 Å². The highest BCUT2D eigenvalue weighted by molar-refractivity contribution is 5.97. The number of aromatic nitrogens is 1. The van der Waals surface area contributed by atoms with Gasteiger partial charge in [-0.1, -0.05) is 6.92 Å². The van der Waals surface area contributed by atoms with Crippen molar-refractivity contribution >= 4 is 5.78 Å². The van der Waals surface area contributed by atoms with Crippen LogP contribution >= 0.6 is 0 Å². The summed E-state index contributed by atoms with van der Waals surface area (Å²) in [6.07, 6.45) is 6.09. The van der Waals surface area contributed by atoms with Crippen molar-refractivity contribution in [3.63, 3.8) is 0 Å². The molecule has 0 radical (unpaired) electrons. The minimum atomic E-state index is 0.134. The maximum Gasteiger partial charge on any atom is 0.167 e. The molecule has 0 saturated carbocycles. The Hall–Kier alpha value is -1.42. The fraction of sp³-hybridized carbons (Fsp3) is 0.571. The number of nitrogens with one attached hydrogen (secondary N) is 1. The third-order valence-corrected chi connectivity index (χ3v) is 3.18. The van der Waals surface area contributed by atoms with Crippen LogP contribution in [0.4, 0.5) is 0 Å². The van der Waals surface area contributed by atoms with Crippen molar-refractivity contribution in [2.45, 2.75) is 26.2 Å². The molecule has 4 heteroatoms. The Morgan fingerprint density at radius 1 is 1.44 bits per heavy atom. The highest BCUT2D eigenvalue weighted by atomic mass is 16.5. The molecule has 1 aliphatic heterocycles. The van der Waals surface area contributed by atoms with Crippen molar-refractivity contribution in [2.24, 2.45) is 5.92 Å². The summed E-state index contributed by atoms with van der Waals surface area (Å²) in [6.45, 7) is 4.57. The van der Waals surface area contributed by atoms with Crippen molar-refractivity contribution in [1.29, 1.82) is 0 Å². The van der Waals surface area contributed by atoms with Crippen LogP contribution < -0.4 is 10.1 Å². The molecule has 0 unspecified atom stereocenters. The van der Waals surface area contributed by atoms with Gasteiger partial charge in [-0.2, -0.15) is 0 Å². The molecule has 18 heavy (non-hydrogen) atoms. The molecule has 1 aromatic heterocycles. The lowest BCUT2D eigenvalue weighted by molar-refractivity contribution is 0.0894. The SMILES string of the molecule is CCCOc1cncc(C(=O)C2CCNCC2)c1. The minimum absolute atomic E-state index is 0.134. The van der Waals surface area contributed by atoms with Crippen molar-refractivity contribution < 1.29 is 9.53 Å². The van der Waals surface area contributed by atoms with Gasteiger partial charge in [0.05, 0.1) is 12.8 Å². The number of piperidine rings is 1. The molecule has 2 rings (SSSR count). The second-order valence-electron chi connectivity index (χ2n) is 4.65. The van der Waals surface area contributed by atoms with Crippen LogP contribution in [0, 0.1) is 5.92 Å². The van der Waals surface area contributed by atoms with Gasteiger partial charge in [-0.25, -0.2) is 0 Å².